The molecule has 3 heteroatoms. The van der Waals surface area contributed by atoms with Crippen molar-refractivity contribution in [3.8, 4) is 0 Å². The molecule has 0 aromatic heterocycles. The van der Waals surface area contributed by atoms with Crippen LogP contribution in [-0.4, -0.2) is 32.8 Å². The molecular weight excluding hydrogens is 176 g/mol. The molecule has 1 saturated carbocycles. The van der Waals surface area contributed by atoms with Gasteiger partial charge in [0.1, 0.15) is 0 Å². The Bertz CT molecular complexity index is 137. The first-order chi connectivity index (χ1) is 6.83. The highest BCUT2D eigenvalue weighted by Crippen LogP contribution is 2.28. The summed E-state index contributed by atoms with van der Waals surface area (Å²) in [5, 5.41) is 3.38. The summed E-state index contributed by atoms with van der Waals surface area (Å²) in [4.78, 5) is 0. The number of hydrogen-bond donors (Lipinski definition) is 2. The molecule has 1 unspecified atom stereocenters. The standard InChI is InChI=1S/C11H24N2O/c1-10(4-5-12)8-13-6-7-14-9-11-2-3-11/h10-11,13H,2-9,12H2,1H3. The summed E-state index contributed by atoms with van der Waals surface area (Å²) >= 11 is 0. The SMILES string of the molecule is CC(CCN)CNCCOCC1CC1. The molecule has 0 heterocycles. The summed E-state index contributed by atoms with van der Waals surface area (Å²) in [7, 11) is 0. The Kier molecular flexibility index (Phi) is 6.15. The van der Waals surface area contributed by atoms with E-state index in [9.17, 15) is 0 Å². The minimum Gasteiger partial charge on any atom is -0.380 e. The van der Waals surface area contributed by atoms with Crippen LogP contribution >= 0.6 is 0 Å². The van der Waals surface area contributed by atoms with Crippen molar-refractivity contribution in [3.63, 3.8) is 0 Å². The molecule has 0 bridgehead atoms. The Morgan fingerprint density at radius 3 is 2.93 bits per heavy atom. The molecule has 0 aliphatic heterocycles. The van der Waals surface area contributed by atoms with Gasteiger partial charge in [0, 0.05) is 13.2 Å². The highest BCUT2D eigenvalue weighted by Gasteiger charge is 2.20. The highest BCUT2D eigenvalue weighted by molar-refractivity contribution is 4.71. The Labute approximate surface area is 87.4 Å². The molecule has 3 N–H and O–H groups in total. The predicted octanol–water partition coefficient (Wildman–Crippen LogP) is 0.987. The van der Waals surface area contributed by atoms with Crippen molar-refractivity contribution in [3.05, 3.63) is 0 Å². The van der Waals surface area contributed by atoms with Gasteiger partial charge in [-0.05, 0) is 44.2 Å². The molecule has 1 aliphatic rings. The van der Waals surface area contributed by atoms with Gasteiger partial charge in [0.25, 0.3) is 0 Å². The van der Waals surface area contributed by atoms with Crippen molar-refractivity contribution in [2.45, 2.75) is 26.2 Å². The van der Waals surface area contributed by atoms with Crippen LogP contribution in [0.4, 0.5) is 0 Å². The molecule has 0 aromatic rings. The average Bonchev–Trinajstić information content (AvgIpc) is 2.95. The van der Waals surface area contributed by atoms with E-state index in [1.807, 2.05) is 0 Å². The van der Waals surface area contributed by atoms with Crippen LogP contribution in [0.25, 0.3) is 0 Å². The quantitative estimate of drug-likeness (QED) is 0.546. The van der Waals surface area contributed by atoms with Crippen LogP contribution in [0.2, 0.25) is 0 Å². The minimum atomic E-state index is 0.684. The Balaban J connectivity index is 1.74. The van der Waals surface area contributed by atoms with Gasteiger partial charge in [-0.25, -0.2) is 0 Å². The highest BCUT2D eigenvalue weighted by atomic mass is 16.5. The third-order valence-electron chi connectivity index (χ3n) is 2.63. The number of rotatable bonds is 9. The molecule has 1 rings (SSSR count). The van der Waals surface area contributed by atoms with E-state index in [-0.39, 0.29) is 0 Å². The fraction of sp³-hybridized carbons (Fsp3) is 1.00. The minimum absolute atomic E-state index is 0.684. The number of nitrogens with one attached hydrogen (secondary N) is 1. The van der Waals surface area contributed by atoms with Gasteiger partial charge in [0.2, 0.25) is 0 Å². The van der Waals surface area contributed by atoms with Crippen LogP contribution in [0.5, 0.6) is 0 Å². The zero-order chi connectivity index (χ0) is 10.2. The van der Waals surface area contributed by atoms with Crippen LogP contribution in [0.1, 0.15) is 26.2 Å². The van der Waals surface area contributed by atoms with Crippen LogP contribution in [0.15, 0.2) is 0 Å². The summed E-state index contributed by atoms with van der Waals surface area (Å²) < 4.78 is 5.51. The lowest BCUT2D eigenvalue weighted by Gasteiger charge is -2.11. The summed E-state index contributed by atoms with van der Waals surface area (Å²) in [5.41, 5.74) is 5.47. The molecule has 0 aromatic carbocycles. The zero-order valence-electron chi connectivity index (χ0n) is 9.30. The normalized spacial score (nSPS) is 18.4. The maximum Gasteiger partial charge on any atom is 0.0591 e. The molecule has 0 spiro atoms. The second-order valence-corrected chi connectivity index (χ2v) is 4.40. The van der Waals surface area contributed by atoms with Crippen molar-refractivity contribution < 1.29 is 4.74 Å². The Morgan fingerprint density at radius 1 is 1.50 bits per heavy atom. The molecule has 0 radical (unpaired) electrons. The number of ether oxygens (including phenoxy) is 1. The van der Waals surface area contributed by atoms with Crippen molar-refractivity contribution in [2.75, 3.05) is 32.8 Å². The third-order valence-corrected chi connectivity index (χ3v) is 2.63. The van der Waals surface area contributed by atoms with Gasteiger partial charge in [-0.3, -0.25) is 0 Å². The largest absolute Gasteiger partial charge is 0.380 e. The van der Waals surface area contributed by atoms with Crippen molar-refractivity contribution in [2.24, 2.45) is 17.6 Å². The van der Waals surface area contributed by atoms with Gasteiger partial charge in [-0.1, -0.05) is 6.92 Å². The monoisotopic (exact) mass is 200 g/mol. The predicted molar refractivity (Wildman–Crippen MR) is 59.2 cm³/mol. The topological polar surface area (TPSA) is 47.3 Å². The fourth-order valence-electron chi connectivity index (χ4n) is 1.41. The number of hydrogen-bond acceptors (Lipinski definition) is 3. The van der Waals surface area contributed by atoms with Crippen LogP contribution in [0, 0.1) is 11.8 Å². The fourth-order valence-corrected chi connectivity index (χ4v) is 1.41. The molecular formula is C11H24N2O. The van der Waals surface area contributed by atoms with Gasteiger partial charge >= 0.3 is 0 Å². The molecule has 0 saturated heterocycles. The van der Waals surface area contributed by atoms with Crippen LogP contribution in [-0.2, 0) is 4.74 Å². The van der Waals surface area contributed by atoms with Gasteiger partial charge in [0.15, 0.2) is 0 Å². The summed E-state index contributed by atoms with van der Waals surface area (Å²) in [5.74, 6) is 1.56. The first-order valence-corrected chi connectivity index (χ1v) is 5.81. The van der Waals surface area contributed by atoms with Crippen molar-refractivity contribution >= 4 is 0 Å². The van der Waals surface area contributed by atoms with E-state index in [0.717, 1.165) is 45.2 Å². The maximum absolute atomic E-state index is 5.51. The van der Waals surface area contributed by atoms with Crippen LogP contribution in [0.3, 0.4) is 0 Å². The second-order valence-electron chi connectivity index (χ2n) is 4.40. The smallest absolute Gasteiger partial charge is 0.0591 e. The summed E-state index contributed by atoms with van der Waals surface area (Å²) in [6.07, 6.45) is 3.86. The Morgan fingerprint density at radius 2 is 2.29 bits per heavy atom. The van der Waals surface area contributed by atoms with Gasteiger partial charge in [-0.2, -0.15) is 0 Å². The van der Waals surface area contributed by atoms with Crippen LogP contribution < -0.4 is 11.1 Å². The van der Waals surface area contributed by atoms with Gasteiger partial charge in [0.05, 0.1) is 6.61 Å². The first-order valence-electron chi connectivity index (χ1n) is 5.81. The van der Waals surface area contributed by atoms with E-state index in [0.29, 0.717) is 5.92 Å². The van der Waals surface area contributed by atoms with E-state index >= 15 is 0 Å². The zero-order valence-corrected chi connectivity index (χ0v) is 9.30. The molecule has 84 valence electrons. The molecule has 1 atom stereocenters. The molecule has 3 nitrogen and oxygen atoms in total. The molecule has 1 aliphatic carbocycles. The molecule has 1 fully saturated rings. The lowest BCUT2D eigenvalue weighted by molar-refractivity contribution is 0.125. The summed E-state index contributed by atoms with van der Waals surface area (Å²) in [6.45, 7) is 6.88. The van der Waals surface area contributed by atoms with E-state index in [2.05, 4.69) is 12.2 Å². The van der Waals surface area contributed by atoms with Crippen molar-refractivity contribution in [1.82, 2.24) is 5.32 Å². The van der Waals surface area contributed by atoms with Gasteiger partial charge < -0.3 is 15.8 Å². The first kappa shape index (κ1) is 12.0. The van der Waals surface area contributed by atoms with Crippen molar-refractivity contribution in [1.29, 1.82) is 0 Å². The average molecular weight is 200 g/mol. The number of nitrogens with two attached hydrogens (primary N) is 1. The third kappa shape index (κ3) is 6.35. The maximum atomic E-state index is 5.51. The summed E-state index contributed by atoms with van der Waals surface area (Å²) in [6, 6.07) is 0. The molecule has 0 amide bonds. The Hall–Kier alpha value is -0.120. The lowest BCUT2D eigenvalue weighted by atomic mass is 10.1. The van der Waals surface area contributed by atoms with E-state index in [1.54, 1.807) is 0 Å². The molecule has 14 heavy (non-hydrogen) atoms. The van der Waals surface area contributed by atoms with Gasteiger partial charge in [-0.15, -0.1) is 0 Å². The van der Waals surface area contributed by atoms with E-state index in [1.165, 1.54) is 12.8 Å². The second kappa shape index (κ2) is 7.21. The van der Waals surface area contributed by atoms with E-state index < -0.39 is 0 Å². The van der Waals surface area contributed by atoms with E-state index in [4.69, 9.17) is 10.5 Å². The lowest BCUT2D eigenvalue weighted by Crippen LogP contribution is -2.26.